The second kappa shape index (κ2) is 7.26. The van der Waals surface area contributed by atoms with Crippen molar-refractivity contribution in [1.82, 2.24) is 0 Å². The fourth-order valence-corrected chi connectivity index (χ4v) is 1.98. The minimum absolute atomic E-state index is 0.0520. The molecule has 2 aromatic carbocycles. The van der Waals surface area contributed by atoms with Crippen molar-refractivity contribution >= 4 is 11.9 Å². The van der Waals surface area contributed by atoms with Crippen LogP contribution in [0.4, 0.5) is 0 Å². The van der Waals surface area contributed by atoms with Gasteiger partial charge in [-0.1, -0.05) is 42.5 Å². The van der Waals surface area contributed by atoms with Crippen LogP contribution in [0, 0.1) is 5.92 Å². The van der Waals surface area contributed by atoms with E-state index in [1.807, 2.05) is 30.3 Å². The van der Waals surface area contributed by atoms with Gasteiger partial charge >= 0.3 is 11.9 Å². The van der Waals surface area contributed by atoms with Crippen LogP contribution >= 0.6 is 0 Å². The standard InChI is InChI=1S/C17H16O5/c18-16(19)15(17(20)21)10-12-6-8-14(9-7-12)22-11-13-4-2-1-3-5-13/h1-9,15H,10-11H2,(H,18,19)(H,20,21). The van der Waals surface area contributed by atoms with Crippen LogP contribution in [0.2, 0.25) is 0 Å². The monoisotopic (exact) mass is 300 g/mol. The quantitative estimate of drug-likeness (QED) is 0.768. The number of rotatable bonds is 7. The Morgan fingerprint density at radius 1 is 0.864 bits per heavy atom. The van der Waals surface area contributed by atoms with Gasteiger partial charge in [0.25, 0.3) is 0 Å². The average molecular weight is 300 g/mol. The summed E-state index contributed by atoms with van der Waals surface area (Å²) in [6.07, 6.45) is -0.0520. The molecule has 114 valence electrons. The first-order valence-electron chi connectivity index (χ1n) is 6.77. The van der Waals surface area contributed by atoms with Crippen LogP contribution in [0.15, 0.2) is 54.6 Å². The van der Waals surface area contributed by atoms with E-state index < -0.39 is 17.9 Å². The van der Waals surface area contributed by atoms with Gasteiger partial charge in [-0.05, 0) is 29.7 Å². The van der Waals surface area contributed by atoms with E-state index in [0.717, 1.165) is 5.56 Å². The number of benzene rings is 2. The molecule has 0 bridgehead atoms. The Morgan fingerprint density at radius 3 is 2.00 bits per heavy atom. The van der Waals surface area contributed by atoms with E-state index in [-0.39, 0.29) is 6.42 Å². The molecule has 0 spiro atoms. The maximum absolute atomic E-state index is 10.9. The average Bonchev–Trinajstić information content (AvgIpc) is 2.52. The zero-order chi connectivity index (χ0) is 15.9. The highest BCUT2D eigenvalue weighted by Crippen LogP contribution is 2.17. The molecular weight excluding hydrogens is 284 g/mol. The van der Waals surface area contributed by atoms with E-state index in [2.05, 4.69) is 0 Å². The smallest absolute Gasteiger partial charge is 0.318 e. The third kappa shape index (κ3) is 4.34. The molecule has 5 heteroatoms. The topological polar surface area (TPSA) is 83.8 Å². The zero-order valence-electron chi connectivity index (χ0n) is 11.8. The molecule has 0 aliphatic heterocycles. The molecule has 0 aliphatic carbocycles. The molecule has 0 saturated carbocycles. The lowest BCUT2D eigenvalue weighted by Crippen LogP contribution is -2.25. The molecule has 2 rings (SSSR count). The van der Waals surface area contributed by atoms with Crippen LogP contribution in [0.25, 0.3) is 0 Å². The van der Waals surface area contributed by atoms with Gasteiger partial charge in [-0.25, -0.2) is 0 Å². The van der Waals surface area contributed by atoms with Crippen LogP contribution in [0.1, 0.15) is 11.1 Å². The van der Waals surface area contributed by atoms with Crippen LogP contribution in [0.3, 0.4) is 0 Å². The van der Waals surface area contributed by atoms with Gasteiger partial charge in [0.15, 0.2) is 5.92 Å². The van der Waals surface area contributed by atoms with Crippen LogP contribution < -0.4 is 4.74 Å². The van der Waals surface area contributed by atoms with Gasteiger partial charge in [0.05, 0.1) is 0 Å². The lowest BCUT2D eigenvalue weighted by atomic mass is 10.00. The summed E-state index contributed by atoms with van der Waals surface area (Å²) in [5, 5.41) is 17.7. The molecule has 22 heavy (non-hydrogen) atoms. The number of ether oxygens (including phenoxy) is 1. The molecule has 0 saturated heterocycles. The van der Waals surface area contributed by atoms with Crippen LogP contribution in [0.5, 0.6) is 5.75 Å². The molecular formula is C17H16O5. The number of carboxylic acid groups (broad SMARTS) is 2. The van der Waals surface area contributed by atoms with Crippen molar-refractivity contribution in [2.45, 2.75) is 13.0 Å². The van der Waals surface area contributed by atoms with Crippen LogP contribution in [-0.2, 0) is 22.6 Å². The Morgan fingerprint density at radius 2 is 1.45 bits per heavy atom. The van der Waals surface area contributed by atoms with E-state index in [9.17, 15) is 9.59 Å². The fraction of sp³-hybridized carbons (Fsp3) is 0.176. The first kappa shape index (κ1) is 15.6. The van der Waals surface area contributed by atoms with Gasteiger partial charge in [-0.3, -0.25) is 9.59 Å². The molecule has 0 aliphatic rings. The van der Waals surface area contributed by atoms with Crippen molar-refractivity contribution in [3.8, 4) is 5.75 Å². The molecule has 2 N–H and O–H groups in total. The summed E-state index contributed by atoms with van der Waals surface area (Å²) in [7, 11) is 0. The Bertz CT molecular complexity index is 620. The molecule has 5 nitrogen and oxygen atoms in total. The fourth-order valence-electron chi connectivity index (χ4n) is 1.98. The molecule has 0 aromatic heterocycles. The molecule has 0 amide bonds. The van der Waals surface area contributed by atoms with Gasteiger partial charge in [0.2, 0.25) is 0 Å². The van der Waals surface area contributed by atoms with Gasteiger partial charge in [-0.15, -0.1) is 0 Å². The molecule has 0 unspecified atom stereocenters. The summed E-state index contributed by atoms with van der Waals surface area (Å²) in [6, 6.07) is 16.5. The van der Waals surface area contributed by atoms with Gasteiger partial charge < -0.3 is 14.9 Å². The summed E-state index contributed by atoms with van der Waals surface area (Å²) < 4.78 is 5.61. The second-order valence-corrected chi connectivity index (χ2v) is 4.85. The van der Waals surface area contributed by atoms with Crippen LogP contribution in [-0.4, -0.2) is 22.2 Å². The summed E-state index contributed by atoms with van der Waals surface area (Å²) in [5.74, 6) is -3.46. The lowest BCUT2D eigenvalue weighted by Gasteiger charge is -2.09. The number of hydrogen-bond donors (Lipinski definition) is 2. The summed E-state index contributed by atoms with van der Waals surface area (Å²) in [6.45, 7) is 0.438. The normalized spacial score (nSPS) is 10.4. The number of carboxylic acids is 2. The minimum atomic E-state index is -1.43. The van der Waals surface area contributed by atoms with Crippen molar-refractivity contribution in [3.63, 3.8) is 0 Å². The van der Waals surface area contributed by atoms with Crippen molar-refractivity contribution in [2.75, 3.05) is 0 Å². The largest absolute Gasteiger partial charge is 0.489 e. The van der Waals surface area contributed by atoms with Crippen molar-refractivity contribution in [3.05, 3.63) is 65.7 Å². The van der Waals surface area contributed by atoms with Gasteiger partial charge in [-0.2, -0.15) is 0 Å². The van der Waals surface area contributed by atoms with E-state index in [4.69, 9.17) is 14.9 Å². The minimum Gasteiger partial charge on any atom is -0.489 e. The third-order valence-corrected chi connectivity index (χ3v) is 3.21. The lowest BCUT2D eigenvalue weighted by molar-refractivity contribution is -0.154. The molecule has 0 heterocycles. The van der Waals surface area contributed by atoms with E-state index in [0.29, 0.717) is 17.9 Å². The van der Waals surface area contributed by atoms with E-state index in [1.165, 1.54) is 0 Å². The first-order chi connectivity index (χ1) is 10.6. The predicted molar refractivity (Wildman–Crippen MR) is 79.7 cm³/mol. The number of carbonyl (C=O) groups is 2. The SMILES string of the molecule is O=C(O)C(Cc1ccc(OCc2ccccc2)cc1)C(=O)O. The summed E-state index contributed by atoms with van der Waals surface area (Å²) in [4.78, 5) is 21.7. The Kier molecular flexibility index (Phi) is 5.14. The third-order valence-electron chi connectivity index (χ3n) is 3.21. The maximum Gasteiger partial charge on any atom is 0.318 e. The van der Waals surface area contributed by atoms with Crippen molar-refractivity contribution in [2.24, 2.45) is 5.92 Å². The van der Waals surface area contributed by atoms with Crippen molar-refractivity contribution in [1.29, 1.82) is 0 Å². The Hall–Kier alpha value is -2.82. The molecule has 0 fully saturated rings. The summed E-state index contributed by atoms with van der Waals surface area (Å²) in [5.41, 5.74) is 1.69. The highest BCUT2D eigenvalue weighted by molar-refractivity contribution is 5.93. The van der Waals surface area contributed by atoms with Crippen molar-refractivity contribution < 1.29 is 24.5 Å². The van der Waals surface area contributed by atoms with Gasteiger partial charge in [0.1, 0.15) is 12.4 Å². The first-order valence-corrected chi connectivity index (χ1v) is 6.77. The van der Waals surface area contributed by atoms with E-state index >= 15 is 0 Å². The van der Waals surface area contributed by atoms with Gasteiger partial charge in [0, 0.05) is 0 Å². The Labute approximate surface area is 127 Å². The summed E-state index contributed by atoms with van der Waals surface area (Å²) >= 11 is 0. The maximum atomic E-state index is 10.9. The molecule has 0 atom stereocenters. The Balaban J connectivity index is 1.95. The van der Waals surface area contributed by atoms with E-state index in [1.54, 1.807) is 24.3 Å². The zero-order valence-corrected chi connectivity index (χ0v) is 11.8. The molecule has 2 aromatic rings. The second-order valence-electron chi connectivity index (χ2n) is 4.85. The molecule has 0 radical (unpaired) electrons. The highest BCUT2D eigenvalue weighted by Gasteiger charge is 2.25. The highest BCUT2D eigenvalue weighted by atomic mass is 16.5. The number of aliphatic carboxylic acids is 2. The number of hydrogen-bond acceptors (Lipinski definition) is 3. The predicted octanol–water partition coefficient (Wildman–Crippen LogP) is 2.59.